The Labute approximate surface area is 110 Å². The van der Waals surface area contributed by atoms with Crippen molar-refractivity contribution in [1.29, 1.82) is 0 Å². The number of nitrogens with one attached hydrogen (secondary N) is 1. The molecule has 0 amide bonds. The minimum absolute atomic E-state index is 0.794. The zero-order chi connectivity index (χ0) is 12.1. The number of pyridine rings is 1. The summed E-state index contributed by atoms with van der Waals surface area (Å²) in [7, 11) is 1.87. The molecule has 1 aromatic heterocycles. The van der Waals surface area contributed by atoms with Crippen molar-refractivity contribution >= 4 is 29.2 Å². The molecule has 17 heavy (non-hydrogen) atoms. The Balaban J connectivity index is 2.05. The second kappa shape index (κ2) is 5.94. The van der Waals surface area contributed by atoms with Crippen LogP contribution in [0.1, 0.15) is 5.69 Å². The van der Waals surface area contributed by atoms with E-state index in [0.29, 0.717) is 0 Å². The van der Waals surface area contributed by atoms with E-state index in [2.05, 4.69) is 10.3 Å². The summed E-state index contributed by atoms with van der Waals surface area (Å²) in [5.41, 5.74) is 1.04. The highest BCUT2D eigenvalue weighted by atomic mass is 35.5. The summed E-state index contributed by atoms with van der Waals surface area (Å²) in [6.45, 7) is 0. The molecule has 88 valence electrons. The lowest BCUT2D eigenvalue weighted by atomic mass is 10.4. The molecule has 0 radical (unpaired) electrons. The standard InChI is InChI=1S/C13H13ClN2S/c1-15-13-8-4-5-10(16-13)9-17-12-7-3-2-6-11(12)14/h2-8H,9H2,1H3,(H,15,16). The van der Waals surface area contributed by atoms with E-state index in [1.54, 1.807) is 11.8 Å². The number of rotatable bonds is 4. The highest BCUT2D eigenvalue weighted by molar-refractivity contribution is 7.98. The maximum absolute atomic E-state index is 6.10. The number of aromatic nitrogens is 1. The van der Waals surface area contributed by atoms with E-state index >= 15 is 0 Å². The van der Waals surface area contributed by atoms with Gasteiger partial charge in [0, 0.05) is 17.7 Å². The minimum Gasteiger partial charge on any atom is -0.373 e. The van der Waals surface area contributed by atoms with Gasteiger partial charge in [-0.1, -0.05) is 29.8 Å². The van der Waals surface area contributed by atoms with E-state index in [1.807, 2.05) is 49.5 Å². The van der Waals surface area contributed by atoms with Gasteiger partial charge in [0.1, 0.15) is 5.82 Å². The summed E-state index contributed by atoms with van der Waals surface area (Å²) in [6, 6.07) is 13.8. The molecule has 4 heteroatoms. The summed E-state index contributed by atoms with van der Waals surface area (Å²) in [5.74, 6) is 1.71. The molecule has 0 bridgehead atoms. The molecule has 0 aliphatic heterocycles. The highest BCUT2D eigenvalue weighted by Crippen LogP contribution is 2.28. The van der Waals surface area contributed by atoms with Crippen LogP contribution in [0, 0.1) is 0 Å². The van der Waals surface area contributed by atoms with Gasteiger partial charge < -0.3 is 5.32 Å². The normalized spacial score (nSPS) is 10.2. The van der Waals surface area contributed by atoms with Gasteiger partial charge in [-0.3, -0.25) is 0 Å². The Morgan fingerprint density at radius 2 is 2.00 bits per heavy atom. The molecule has 2 aromatic rings. The third kappa shape index (κ3) is 3.38. The number of hydrogen-bond acceptors (Lipinski definition) is 3. The minimum atomic E-state index is 0.794. The van der Waals surface area contributed by atoms with Crippen molar-refractivity contribution in [2.45, 2.75) is 10.6 Å². The van der Waals surface area contributed by atoms with Gasteiger partial charge in [0.2, 0.25) is 0 Å². The molecule has 0 aliphatic rings. The predicted octanol–water partition coefficient (Wildman–Crippen LogP) is 4.07. The van der Waals surface area contributed by atoms with Gasteiger partial charge in [0.25, 0.3) is 0 Å². The molecular weight excluding hydrogens is 252 g/mol. The first-order chi connectivity index (χ1) is 8.29. The van der Waals surface area contributed by atoms with E-state index in [0.717, 1.165) is 27.2 Å². The molecular formula is C13H13ClN2S. The number of thioether (sulfide) groups is 1. The molecule has 1 N–H and O–H groups in total. The van der Waals surface area contributed by atoms with Crippen LogP contribution in [0.3, 0.4) is 0 Å². The van der Waals surface area contributed by atoms with Crippen LogP contribution in [0.15, 0.2) is 47.4 Å². The molecule has 0 spiro atoms. The van der Waals surface area contributed by atoms with Crippen molar-refractivity contribution in [2.75, 3.05) is 12.4 Å². The topological polar surface area (TPSA) is 24.9 Å². The molecule has 0 saturated carbocycles. The molecule has 1 aromatic carbocycles. The monoisotopic (exact) mass is 264 g/mol. The van der Waals surface area contributed by atoms with Crippen molar-refractivity contribution in [3.05, 3.63) is 53.2 Å². The van der Waals surface area contributed by atoms with Crippen LogP contribution in [-0.4, -0.2) is 12.0 Å². The van der Waals surface area contributed by atoms with Gasteiger partial charge in [-0.2, -0.15) is 0 Å². The van der Waals surface area contributed by atoms with Crippen LogP contribution >= 0.6 is 23.4 Å². The second-order valence-electron chi connectivity index (χ2n) is 3.48. The fourth-order valence-electron chi connectivity index (χ4n) is 1.41. The van der Waals surface area contributed by atoms with E-state index in [9.17, 15) is 0 Å². The van der Waals surface area contributed by atoms with Gasteiger partial charge in [-0.25, -0.2) is 4.98 Å². The van der Waals surface area contributed by atoms with Crippen molar-refractivity contribution in [1.82, 2.24) is 4.98 Å². The maximum Gasteiger partial charge on any atom is 0.125 e. The van der Waals surface area contributed by atoms with Crippen LogP contribution in [0.25, 0.3) is 0 Å². The van der Waals surface area contributed by atoms with Crippen LogP contribution in [-0.2, 0) is 5.75 Å². The predicted molar refractivity (Wildman–Crippen MR) is 74.8 cm³/mol. The molecule has 0 saturated heterocycles. The molecule has 0 fully saturated rings. The Bertz CT molecular complexity index is 502. The Morgan fingerprint density at radius 1 is 1.18 bits per heavy atom. The number of halogens is 1. The van der Waals surface area contributed by atoms with Gasteiger partial charge >= 0.3 is 0 Å². The Morgan fingerprint density at radius 3 is 2.76 bits per heavy atom. The fourth-order valence-corrected chi connectivity index (χ4v) is 2.56. The van der Waals surface area contributed by atoms with E-state index in [4.69, 9.17) is 11.6 Å². The zero-order valence-electron chi connectivity index (χ0n) is 9.48. The summed E-state index contributed by atoms with van der Waals surface area (Å²) >= 11 is 7.79. The van der Waals surface area contributed by atoms with Crippen LogP contribution in [0.4, 0.5) is 5.82 Å². The quantitative estimate of drug-likeness (QED) is 0.843. The largest absolute Gasteiger partial charge is 0.373 e. The first-order valence-corrected chi connectivity index (χ1v) is 6.67. The van der Waals surface area contributed by atoms with Crippen molar-refractivity contribution in [3.63, 3.8) is 0 Å². The number of nitrogens with zero attached hydrogens (tertiary/aromatic N) is 1. The van der Waals surface area contributed by atoms with E-state index in [1.165, 1.54) is 0 Å². The maximum atomic E-state index is 6.10. The average Bonchev–Trinajstić information content (AvgIpc) is 2.38. The van der Waals surface area contributed by atoms with Crippen molar-refractivity contribution in [3.8, 4) is 0 Å². The van der Waals surface area contributed by atoms with Gasteiger partial charge in [0.15, 0.2) is 0 Å². The number of benzene rings is 1. The number of anilines is 1. The first kappa shape index (κ1) is 12.3. The van der Waals surface area contributed by atoms with Gasteiger partial charge in [0.05, 0.1) is 10.7 Å². The Hall–Kier alpha value is -1.19. The summed E-state index contributed by atoms with van der Waals surface area (Å²) < 4.78 is 0. The average molecular weight is 265 g/mol. The first-order valence-electron chi connectivity index (χ1n) is 5.30. The van der Waals surface area contributed by atoms with Gasteiger partial charge in [-0.05, 0) is 24.3 Å². The SMILES string of the molecule is CNc1cccc(CSc2ccccc2Cl)n1. The molecule has 0 aliphatic carbocycles. The van der Waals surface area contributed by atoms with Gasteiger partial charge in [-0.15, -0.1) is 11.8 Å². The van der Waals surface area contributed by atoms with Crippen LogP contribution in [0.2, 0.25) is 5.02 Å². The van der Waals surface area contributed by atoms with E-state index in [-0.39, 0.29) is 0 Å². The van der Waals surface area contributed by atoms with E-state index < -0.39 is 0 Å². The second-order valence-corrected chi connectivity index (χ2v) is 4.91. The third-order valence-corrected chi connectivity index (χ3v) is 3.82. The van der Waals surface area contributed by atoms with Crippen molar-refractivity contribution in [2.24, 2.45) is 0 Å². The van der Waals surface area contributed by atoms with Crippen molar-refractivity contribution < 1.29 is 0 Å². The van der Waals surface area contributed by atoms with Crippen LogP contribution in [0.5, 0.6) is 0 Å². The summed E-state index contributed by atoms with van der Waals surface area (Å²) in [5, 5.41) is 3.82. The fraction of sp³-hybridized carbons (Fsp3) is 0.154. The molecule has 2 nitrogen and oxygen atoms in total. The number of hydrogen-bond donors (Lipinski definition) is 1. The zero-order valence-corrected chi connectivity index (χ0v) is 11.1. The highest BCUT2D eigenvalue weighted by Gasteiger charge is 2.02. The lowest BCUT2D eigenvalue weighted by Gasteiger charge is -2.05. The molecule has 1 heterocycles. The molecule has 0 unspecified atom stereocenters. The van der Waals surface area contributed by atoms with Crippen LogP contribution < -0.4 is 5.32 Å². The summed E-state index contributed by atoms with van der Waals surface area (Å²) in [4.78, 5) is 5.55. The molecule has 0 atom stereocenters. The summed E-state index contributed by atoms with van der Waals surface area (Å²) in [6.07, 6.45) is 0. The molecule has 2 rings (SSSR count). The third-order valence-electron chi connectivity index (χ3n) is 2.28. The Kier molecular flexibility index (Phi) is 4.29. The smallest absolute Gasteiger partial charge is 0.125 e. The lowest BCUT2D eigenvalue weighted by Crippen LogP contribution is -1.94. The lowest BCUT2D eigenvalue weighted by molar-refractivity contribution is 1.16.